The lowest BCUT2D eigenvalue weighted by atomic mass is 10.1. The molecular formula is C24H30N2O5. The van der Waals surface area contributed by atoms with Crippen LogP contribution >= 0.6 is 0 Å². The first-order valence-electron chi connectivity index (χ1n) is 10.2. The molecule has 0 unspecified atom stereocenters. The van der Waals surface area contributed by atoms with Crippen LogP contribution in [0.15, 0.2) is 60.7 Å². The van der Waals surface area contributed by atoms with E-state index in [0.29, 0.717) is 0 Å². The fraction of sp³-hybridized carbons (Fsp3) is 0.375. The molecule has 0 saturated carbocycles. The molecule has 0 spiro atoms. The maximum Gasteiger partial charge on any atom is 0.408 e. The minimum absolute atomic E-state index is 0.115. The molecule has 2 atom stereocenters. The van der Waals surface area contributed by atoms with Crippen molar-refractivity contribution in [2.24, 2.45) is 0 Å². The lowest BCUT2D eigenvalue weighted by Gasteiger charge is -2.24. The lowest BCUT2D eigenvalue weighted by Crippen LogP contribution is -2.52. The van der Waals surface area contributed by atoms with Gasteiger partial charge in [-0.2, -0.15) is 0 Å². The first kappa shape index (κ1) is 23.9. The van der Waals surface area contributed by atoms with Crippen LogP contribution in [-0.2, 0) is 32.1 Å². The highest BCUT2D eigenvalue weighted by Crippen LogP contribution is 2.09. The second kappa shape index (κ2) is 11.2. The monoisotopic (exact) mass is 426 g/mol. The number of alkyl carbamates (subject to hydrolysis) is 1. The summed E-state index contributed by atoms with van der Waals surface area (Å²) in [4.78, 5) is 37.4. The summed E-state index contributed by atoms with van der Waals surface area (Å²) >= 11 is 0. The van der Waals surface area contributed by atoms with Crippen LogP contribution in [-0.4, -0.2) is 35.7 Å². The maximum atomic E-state index is 12.8. The summed E-state index contributed by atoms with van der Waals surface area (Å²) in [6.07, 6.45) is -0.458. The summed E-state index contributed by atoms with van der Waals surface area (Å²) < 4.78 is 10.5. The molecule has 0 aliphatic rings. The minimum Gasteiger partial charge on any atom is -0.459 e. The van der Waals surface area contributed by atoms with Crippen LogP contribution in [0.5, 0.6) is 0 Å². The van der Waals surface area contributed by atoms with Crippen LogP contribution in [0.25, 0.3) is 0 Å². The van der Waals surface area contributed by atoms with Gasteiger partial charge in [-0.05, 0) is 38.8 Å². The number of ether oxygens (including phenoxy) is 2. The molecule has 7 heteroatoms. The minimum atomic E-state index is -0.915. The first-order chi connectivity index (χ1) is 14.6. The number of carbonyl (C=O) groups is 3. The molecule has 2 N–H and O–H groups in total. The van der Waals surface area contributed by atoms with E-state index in [9.17, 15) is 14.4 Å². The molecule has 0 aliphatic heterocycles. The molecule has 31 heavy (non-hydrogen) atoms. The van der Waals surface area contributed by atoms with Crippen molar-refractivity contribution < 1.29 is 23.9 Å². The van der Waals surface area contributed by atoms with E-state index in [1.807, 2.05) is 60.7 Å². The van der Waals surface area contributed by atoms with Gasteiger partial charge in [0.1, 0.15) is 24.3 Å². The number of rotatable bonds is 8. The van der Waals surface area contributed by atoms with Crippen molar-refractivity contribution in [3.63, 3.8) is 0 Å². The van der Waals surface area contributed by atoms with Crippen LogP contribution in [0.2, 0.25) is 0 Å². The van der Waals surface area contributed by atoms with Crippen LogP contribution in [0.4, 0.5) is 4.79 Å². The number of carbonyl (C=O) groups excluding carboxylic acids is 3. The lowest BCUT2D eigenvalue weighted by molar-refractivity contribution is -0.148. The van der Waals surface area contributed by atoms with Crippen LogP contribution in [0.3, 0.4) is 0 Å². The van der Waals surface area contributed by atoms with E-state index in [-0.39, 0.29) is 13.0 Å². The van der Waals surface area contributed by atoms with Gasteiger partial charge in [-0.3, -0.25) is 4.79 Å². The van der Waals surface area contributed by atoms with Gasteiger partial charge in [-0.25, -0.2) is 9.59 Å². The third-order valence-electron chi connectivity index (χ3n) is 4.23. The van der Waals surface area contributed by atoms with E-state index in [1.54, 1.807) is 20.8 Å². The van der Waals surface area contributed by atoms with Crippen molar-refractivity contribution >= 4 is 18.0 Å². The highest BCUT2D eigenvalue weighted by Gasteiger charge is 2.27. The van der Waals surface area contributed by atoms with Crippen molar-refractivity contribution in [2.75, 3.05) is 0 Å². The predicted octanol–water partition coefficient (Wildman–Crippen LogP) is 3.37. The summed E-state index contributed by atoms with van der Waals surface area (Å²) in [5.41, 5.74) is 1.01. The molecule has 0 aromatic heterocycles. The van der Waals surface area contributed by atoms with Crippen LogP contribution in [0, 0.1) is 0 Å². The largest absolute Gasteiger partial charge is 0.459 e. The van der Waals surface area contributed by atoms with Crippen molar-refractivity contribution in [2.45, 2.75) is 58.4 Å². The van der Waals surface area contributed by atoms with Gasteiger partial charge in [0.25, 0.3) is 0 Å². The SMILES string of the molecule is C[C@@H](NC(=O)[C@@H](Cc1ccccc1)NC(=O)OC(C)(C)C)C(=O)OCc1ccccc1. The molecule has 7 nitrogen and oxygen atoms in total. The van der Waals surface area contributed by atoms with E-state index in [0.717, 1.165) is 11.1 Å². The normalized spacial score (nSPS) is 12.9. The fourth-order valence-electron chi connectivity index (χ4n) is 2.74. The first-order valence-corrected chi connectivity index (χ1v) is 10.2. The number of hydrogen-bond acceptors (Lipinski definition) is 5. The van der Waals surface area contributed by atoms with Gasteiger partial charge in [0, 0.05) is 6.42 Å². The Morgan fingerprint density at radius 1 is 0.871 bits per heavy atom. The molecule has 2 amide bonds. The third kappa shape index (κ3) is 8.90. The smallest absolute Gasteiger partial charge is 0.408 e. The molecule has 0 heterocycles. The standard InChI is InChI=1S/C24H30N2O5/c1-17(22(28)30-16-19-13-9-6-10-14-19)25-21(27)20(15-18-11-7-5-8-12-18)26-23(29)31-24(2,3)4/h5-14,17,20H,15-16H2,1-4H3,(H,25,27)(H,26,29)/t17-,20-/m1/s1. The quantitative estimate of drug-likeness (QED) is 0.631. The summed E-state index contributed by atoms with van der Waals surface area (Å²) in [7, 11) is 0. The van der Waals surface area contributed by atoms with Crippen LogP contribution < -0.4 is 10.6 Å². The number of hydrogen-bond donors (Lipinski definition) is 2. The highest BCUT2D eigenvalue weighted by atomic mass is 16.6. The van der Waals surface area contributed by atoms with Crippen molar-refractivity contribution in [3.8, 4) is 0 Å². The Morgan fingerprint density at radius 2 is 1.42 bits per heavy atom. The zero-order valence-electron chi connectivity index (χ0n) is 18.4. The molecule has 0 fully saturated rings. The van der Waals surface area contributed by atoms with E-state index >= 15 is 0 Å². The Morgan fingerprint density at radius 3 is 1.97 bits per heavy atom. The third-order valence-corrected chi connectivity index (χ3v) is 4.23. The summed E-state index contributed by atoms with van der Waals surface area (Å²) in [6.45, 7) is 6.87. The number of nitrogens with one attached hydrogen (secondary N) is 2. The molecule has 0 radical (unpaired) electrons. The van der Waals surface area contributed by atoms with Gasteiger partial charge < -0.3 is 20.1 Å². The van der Waals surface area contributed by atoms with Gasteiger partial charge in [-0.15, -0.1) is 0 Å². The fourth-order valence-corrected chi connectivity index (χ4v) is 2.74. The second-order valence-corrected chi connectivity index (χ2v) is 8.21. The van der Waals surface area contributed by atoms with Crippen molar-refractivity contribution in [1.82, 2.24) is 10.6 Å². The zero-order chi connectivity index (χ0) is 22.9. The number of benzene rings is 2. The second-order valence-electron chi connectivity index (χ2n) is 8.21. The molecule has 2 aromatic carbocycles. The Kier molecular flexibility index (Phi) is 8.61. The van der Waals surface area contributed by atoms with Gasteiger partial charge >= 0.3 is 12.1 Å². The Labute approximate surface area is 183 Å². The Bertz CT molecular complexity index is 863. The average molecular weight is 427 g/mol. The average Bonchev–Trinajstić information content (AvgIpc) is 2.71. The summed E-state index contributed by atoms with van der Waals surface area (Å²) in [5.74, 6) is -1.06. The Balaban J connectivity index is 1.99. The predicted molar refractivity (Wildman–Crippen MR) is 117 cm³/mol. The summed E-state index contributed by atoms with van der Waals surface area (Å²) in [5, 5.41) is 5.22. The van der Waals surface area contributed by atoms with Gasteiger partial charge in [0.2, 0.25) is 5.91 Å². The highest BCUT2D eigenvalue weighted by molar-refractivity contribution is 5.89. The zero-order valence-corrected chi connectivity index (χ0v) is 18.4. The molecule has 166 valence electrons. The van der Waals surface area contributed by atoms with Gasteiger partial charge in [0.15, 0.2) is 0 Å². The molecule has 0 aliphatic carbocycles. The van der Waals surface area contributed by atoms with E-state index in [1.165, 1.54) is 6.92 Å². The molecular weight excluding hydrogens is 396 g/mol. The Hall–Kier alpha value is -3.35. The summed E-state index contributed by atoms with van der Waals surface area (Å²) in [6, 6.07) is 16.7. The van der Waals surface area contributed by atoms with Crippen molar-refractivity contribution in [1.29, 1.82) is 0 Å². The molecule has 2 rings (SSSR count). The van der Waals surface area contributed by atoms with E-state index in [2.05, 4.69) is 10.6 Å². The van der Waals surface area contributed by atoms with Gasteiger partial charge in [0.05, 0.1) is 0 Å². The molecule has 2 aromatic rings. The van der Waals surface area contributed by atoms with Crippen molar-refractivity contribution in [3.05, 3.63) is 71.8 Å². The maximum absolute atomic E-state index is 12.8. The van der Waals surface area contributed by atoms with E-state index in [4.69, 9.17) is 9.47 Å². The topological polar surface area (TPSA) is 93.7 Å². The molecule has 0 bridgehead atoms. The number of esters is 1. The van der Waals surface area contributed by atoms with E-state index < -0.39 is 35.7 Å². The number of amides is 2. The van der Waals surface area contributed by atoms with Gasteiger partial charge in [-0.1, -0.05) is 60.7 Å². The van der Waals surface area contributed by atoms with Crippen LogP contribution in [0.1, 0.15) is 38.8 Å². The molecule has 0 saturated heterocycles.